The van der Waals surface area contributed by atoms with Gasteiger partial charge in [-0.2, -0.15) is 0 Å². The topological polar surface area (TPSA) is 28.2 Å². The number of nitrogens with zero attached hydrogens (tertiary/aromatic N) is 2. The molecule has 14 heavy (non-hydrogen) atoms. The van der Waals surface area contributed by atoms with Crippen LogP contribution in [0.3, 0.4) is 0 Å². The van der Waals surface area contributed by atoms with Crippen molar-refractivity contribution in [3.8, 4) is 0 Å². The summed E-state index contributed by atoms with van der Waals surface area (Å²) in [4.78, 5) is 6.73. The van der Waals surface area contributed by atoms with Gasteiger partial charge in [0.2, 0.25) is 0 Å². The molecular weight excluding hydrogens is 194 g/mol. The van der Waals surface area contributed by atoms with E-state index < -0.39 is 0 Å². The van der Waals surface area contributed by atoms with Crippen molar-refractivity contribution in [3.05, 3.63) is 11.6 Å². The van der Waals surface area contributed by atoms with E-state index in [-0.39, 0.29) is 0 Å². The maximum Gasteiger partial charge on any atom is 0.185 e. The highest BCUT2D eigenvalue weighted by Gasteiger charge is 2.22. The van der Waals surface area contributed by atoms with Crippen LogP contribution < -0.4 is 10.2 Å². The van der Waals surface area contributed by atoms with Crippen LogP contribution >= 0.6 is 11.3 Å². The maximum atomic E-state index is 4.35. The summed E-state index contributed by atoms with van der Waals surface area (Å²) in [6.07, 6.45) is 1.88. The Hall–Kier alpha value is -0.610. The van der Waals surface area contributed by atoms with Crippen LogP contribution in [0.2, 0.25) is 0 Å². The predicted octanol–water partition coefficient (Wildman–Crippen LogP) is 1.58. The molecule has 1 saturated heterocycles. The van der Waals surface area contributed by atoms with Gasteiger partial charge in [-0.25, -0.2) is 4.98 Å². The molecule has 0 saturated carbocycles. The lowest BCUT2D eigenvalue weighted by Crippen LogP contribution is -2.52. The van der Waals surface area contributed by atoms with Gasteiger partial charge in [0.1, 0.15) is 0 Å². The van der Waals surface area contributed by atoms with Crippen molar-refractivity contribution in [2.75, 3.05) is 24.5 Å². The van der Waals surface area contributed by atoms with Crippen molar-refractivity contribution >= 4 is 16.5 Å². The lowest BCUT2D eigenvalue weighted by Gasteiger charge is -2.35. The second kappa shape index (κ2) is 4.28. The first kappa shape index (κ1) is 9.93. The van der Waals surface area contributed by atoms with Crippen LogP contribution in [-0.4, -0.2) is 30.7 Å². The second-order valence-corrected chi connectivity index (χ2v) is 4.94. The molecule has 1 aromatic rings. The summed E-state index contributed by atoms with van der Waals surface area (Å²) >= 11 is 1.73. The molecule has 4 heteroatoms. The van der Waals surface area contributed by atoms with E-state index in [1.54, 1.807) is 11.3 Å². The Labute approximate surface area is 89.1 Å². The number of nitrogens with one attached hydrogen (secondary N) is 1. The fourth-order valence-corrected chi connectivity index (χ4v) is 2.45. The summed E-state index contributed by atoms with van der Waals surface area (Å²) in [6.45, 7) is 7.77. The zero-order valence-electron chi connectivity index (χ0n) is 8.73. The van der Waals surface area contributed by atoms with Crippen molar-refractivity contribution < 1.29 is 0 Å². The molecule has 1 N–H and O–H groups in total. The van der Waals surface area contributed by atoms with Crippen LogP contribution in [-0.2, 0) is 0 Å². The molecule has 3 nitrogen and oxygen atoms in total. The standard InChI is InChI=1S/C10H17N3S/c1-8(2)9-7-13(5-3-11-9)10-12-4-6-14-10/h4,6,8-9,11H,3,5,7H2,1-2H3. The molecule has 2 heterocycles. The zero-order valence-corrected chi connectivity index (χ0v) is 9.55. The fourth-order valence-electron chi connectivity index (χ4n) is 1.77. The Kier molecular flexibility index (Phi) is 3.03. The molecule has 0 amide bonds. The van der Waals surface area contributed by atoms with Crippen LogP contribution in [0.1, 0.15) is 13.8 Å². The molecule has 0 bridgehead atoms. The molecule has 1 fully saturated rings. The minimum absolute atomic E-state index is 0.604. The smallest absolute Gasteiger partial charge is 0.185 e. The number of piperazine rings is 1. The van der Waals surface area contributed by atoms with Gasteiger partial charge in [0.25, 0.3) is 0 Å². The fraction of sp³-hybridized carbons (Fsp3) is 0.700. The van der Waals surface area contributed by atoms with Crippen molar-refractivity contribution in [1.29, 1.82) is 0 Å². The largest absolute Gasteiger partial charge is 0.345 e. The number of hydrogen-bond acceptors (Lipinski definition) is 4. The van der Waals surface area contributed by atoms with Gasteiger partial charge >= 0.3 is 0 Å². The van der Waals surface area contributed by atoms with E-state index in [9.17, 15) is 0 Å². The summed E-state index contributed by atoms with van der Waals surface area (Å²) in [5.74, 6) is 0.692. The first-order valence-electron chi connectivity index (χ1n) is 5.15. The summed E-state index contributed by atoms with van der Waals surface area (Å²) in [5, 5.41) is 6.75. The quantitative estimate of drug-likeness (QED) is 0.805. The average Bonchev–Trinajstić information content (AvgIpc) is 2.71. The summed E-state index contributed by atoms with van der Waals surface area (Å²) in [6, 6.07) is 0.604. The van der Waals surface area contributed by atoms with E-state index >= 15 is 0 Å². The number of hydrogen-bond donors (Lipinski definition) is 1. The average molecular weight is 211 g/mol. The van der Waals surface area contributed by atoms with Gasteiger partial charge in [-0.05, 0) is 5.92 Å². The van der Waals surface area contributed by atoms with Gasteiger partial charge in [0, 0.05) is 37.3 Å². The van der Waals surface area contributed by atoms with Gasteiger partial charge in [-0.3, -0.25) is 0 Å². The lowest BCUT2D eigenvalue weighted by molar-refractivity contribution is 0.368. The van der Waals surface area contributed by atoms with Crippen molar-refractivity contribution in [2.24, 2.45) is 5.92 Å². The molecule has 1 aliphatic rings. The maximum absolute atomic E-state index is 4.35. The molecular formula is C10H17N3S. The third-order valence-corrected chi connectivity index (χ3v) is 3.53. The van der Waals surface area contributed by atoms with Crippen molar-refractivity contribution in [1.82, 2.24) is 10.3 Å². The Bertz CT molecular complexity index is 271. The molecule has 78 valence electrons. The molecule has 1 aromatic heterocycles. The van der Waals surface area contributed by atoms with E-state index in [1.165, 1.54) is 0 Å². The van der Waals surface area contributed by atoms with Gasteiger partial charge in [-0.1, -0.05) is 13.8 Å². The number of anilines is 1. The molecule has 0 aliphatic carbocycles. The normalized spacial score (nSPS) is 23.1. The number of rotatable bonds is 2. The Morgan fingerprint density at radius 1 is 1.64 bits per heavy atom. The number of thiazole rings is 1. The Morgan fingerprint density at radius 2 is 2.50 bits per heavy atom. The van der Waals surface area contributed by atoms with Gasteiger partial charge < -0.3 is 10.2 Å². The monoisotopic (exact) mass is 211 g/mol. The third-order valence-electron chi connectivity index (χ3n) is 2.70. The van der Waals surface area contributed by atoms with Crippen molar-refractivity contribution in [3.63, 3.8) is 0 Å². The molecule has 1 aliphatic heterocycles. The van der Waals surface area contributed by atoms with E-state index in [4.69, 9.17) is 0 Å². The first-order chi connectivity index (χ1) is 6.77. The molecule has 1 unspecified atom stereocenters. The highest BCUT2D eigenvalue weighted by molar-refractivity contribution is 7.13. The molecule has 0 radical (unpaired) electrons. The van der Waals surface area contributed by atoms with Crippen LogP contribution in [0.25, 0.3) is 0 Å². The van der Waals surface area contributed by atoms with Crippen LogP contribution in [0.15, 0.2) is 11.6 Å². The minimum Gasteiger partial charge on any atom is -0.345 e. The summed E-state index contributed by atoms with van der Waals surface area (Å²) in [7, 11) is 0. The molecule has 1 atom stereocenters. The Balaban J connectivity index is 2.01. The first-order valence-corrected chi connectivity index (χ1v) is 6.03. The summed E-state index contributed by atoms with van der Waals surface area (Å²) in [5.41, 5.74) is 0. The highest BCUT2D eigenvalue weighted by atomic mass is 32.1. The highest BCUT2D eigenvalue weighted by Crippen LogP contribution is 2.20. The lowest BCUT2D eigenvalue weighted by atomic mass is 10.0. The Morgan fingerprint density at radius 3 is 3.14 bits per heavy atom. The van der Waals surface area contributed by atoms with Gasteiger partial charge in [0.15, 0.2) is 5.13 Å². The zero-order chi connectivity index (χ0) is 9.97. The van der Waals surface area contributed by atoms with Gasteiger partial charge in [-0.15, -0.1) is 11.3 Å². The van der Waals surface area contributed by atoms with Crippen molar-refractivity contribution in [2.45, 2.75) is 19.9 Å². The van der Waals surface area contributed by atoms with Crippen LogP contribution in [0.4, 0.5) is 5.13 Å². The SMILES string of the molecule is CC(C)C1CN(c2nccs2)CCN1. The molecule has 2 rings (SSSR count). The van der Waals surface area contributed by atoms with E-state index in [0.29, 0.717) is 12.0 Å². The van der Waals surface area contributed by atoms with Crippen LogP contribution in [0, 0.1) is 5.92 Å². The van der Waals surface area contributed by atoms with E-state index in [1.807, 2.05) is 11.6 Å². The number of aromatic nitrogens is 1. The van der Waals surface area contributed by atoms with E-state index in [0.717, 1.165) is 24.8 Å². The summed E-state index contributed by atoms with van der Waals surface area (Å²) < 4.78 is 0. The van der Waals surface area contributed by atoms with E-state index in [2.05, 4.69) is 29.0 Å². The minimum atomic E-state index is 0.604. The van der Waals surface area contributed by atoms with Gasteiger partial charge in [0.05, 0.1) is 0 Å². The second-order valence-electron chi connectivity index (χ2n) is 4.07. The molecule has 0 aromatic carbocycles. The third kappa shape index (κ3) is 2.07. The van der Waals surface area contributed by atoms with Crippen LogP contribution in [0.5, 0.6) is 0 Å². The predicted molar refractivity (Wildman–Crippen MR) is 61.0 cm³/mol. The molecule has 0 spiro atoms.